The zero-order valence-corrected chi connectivity index (χ0v) is 15.6. The Hall–Kier alpha value is -2.63. The molecule has 2 aromatic heterocycles. The molecule has 1 aliphatic rings. The third-order valence-corrected chi connectivity index (χ3v) is 5.32. The van der Waals surface area contributed by atoms with Gasteiger partial charge in [-0.15, -0.1) is 0 Å². The van der Waals surface area contributed by atoms with E-state index < -0.39 is 0 Å². The average molecular weight is 351 g/mol. The van der Waals surface area contributed by atoms with Crippen molar-refractivity contribution in [1.82, 2.24) is 24.2 Å². The van der Waals surface area contributed by atoms with Crippen molar-refractivity contribution in [2.24, 2.45) is 7.05 Å². The molecule has 0 bridgehead atoms. The van der Waals surface area contributed by atoms with E-state index in [9.17, 15) is 4.79 Å². The van der Waals surface area contributed by atoms with Crippen LogP contribution in [0.25, 0.3) is 11.0 Å². The van der Waals surface area contributed by atoms with Crippen LogP contribution in [0.1, 0.15) is 47.7 Å². The lowest BCUT2D eigenvalue weighted by Gasteiger charge is -2.32. The molecule has 3 heterocycles. The number of fused-ring (bicyclic) bond motifs is 1. The number of likely N-dealkylation sites (tertiary alicyclic amines) is 1. The molecule has 3 aromatic rings. The highest BCUT2D eigenvalue weighted by molar-refractivity contribution is 5.92. The summed E-state index contributed by atoms with van der Waals surface area (Å²) in [7, 11) is 2.07. The fourth-order valence-electron chi connectivity index (χ4n) is 4.02. The van der Waals surface area contributed by atoms with Crippen LogP contribution >= 0.6 is 0 Å². The number of piperidine rings is 1. The van der Waals surface area contributed by atoms with Crippen molar-refractivity contribution in [3.05, 3.63) is 47.5 Å². The van der Waals surface area contributed by atoms with Crippen LogP contribution in [0.2, 0.25) is 0 Å². The molecular formula is C20H25N5O. The van der Waals surface area contributed by atoms with Crippen molar-refractivity contribution in [3.8, 4) is 0 Å². The lowest BCUT2D eigenvalue weighted by molar-refractivity contribution is 0.0691. The second-order valence-corrected chi connectivity index (χ2v) is 7.09. The van der Waals surface area contributed by atoms with E-state index in [1.165, 1.54) is 0 Å². The average Bonchev–Trinajstić information content (AvgIpc) is 3.21. The number of amides is 1. The van der Waals surface area contributed by atoms with Gasteiger partial charge in [-0.25, -0.2) is 4.98 Å². The number of benzene rings is 1. The van der Waals surface area contributed by atoms with E-state index in [0.29, 0.717) is 18.8 Å². The van der Waals surface area contributed by atoms with Gasteiger partial charge in [-0.05, 0) is 44.9 Å². The Labute approximate surface area is 153 Å². The van der Waals surface area contributed by atoms with Crippen molar-refractivity contribution in [1.29, 1.82) is 0 Å². The molecule has 1 aliphatic heterocycles. The molecule has 1 aromatic carbocycles. The van der Waals surface area contributed by atoms with Crippen LogP contribution in [-0.2, 0) is 13.6 Å². The van der Waals surface area contributed by atoms with Crippen LogP contribution in [0.4, 0.5) is 0 Å². The van der Waals surface area contributed by atoms with E-state index in [4.69, 9.17) is 4.98 Å². The topological polar surface area (TPSA) is 56.0 Å². The zero-order chi connectivity index (χ0) is 18.3. The lowest BCUT2D eigenvalue weighted by atomic mass is 9.97. The second-order valence-electron chi connectivity index (χ2n) is 7.09. The van der Waals surface area contributed by atoms with E-state index >= 15 is 0 Å². The molecule has 4 rings (SSSR count). The molecule has 1 unspecified atom stereocenters. The summed E-state index contributed by atoms with van der Waals surface area (Å²) in [5, 5.41) is 4.42. The Morgan fingerprint density at radius 2 is 2.12 bits per heavy atom. The van der Waals surface area contributed by atoms with Crippen LogP contribution in [0, 0.1) is 6.92 Å². The van der Waals surface area contributed by atoms with Gasteiger partial charge in [0, 0.05) is 32.6 Å². The summed E-state index contributed by atoms with van der Waals surface area (Å²) in [5.41, 5.74) is 3.74. The minimum Gasteiger partial charge on any atom is -0.337 e. The van der Waals surface area contributed by atoms with E-state index in [-0.39, 0.29) is 11.8 Å². The highest BCUT2D eigenvalue weighted by atomic mass is 16.2. The van der Waals surface area contributed by atoms with Crippen molar-refractivity contribution in [2.45, 2.75) is 39.2 Å². The molecule has 1 fully saturated rings. The molecule has 0 spiro atoms. The summed E-state index contributed by atoms with van der Waals surface area (Å²) in [4.78, 5) is 19.9. The van der Waals surface area contributed by atoms with Crippen molar-refractivity contribution >= 4 is 16.9 Å². The van der Waals surface area contributed by atoms with E-state index in [1.54, 1.807) is 4.68 Å². The second kappa shape index (κ2) is 6.59. The molecule has 0 radical (unpaired) electrons. The molecule has 1 atom stereocenters. The van der Waals surface area contributed by atoms with Crippen molar-refractivity contribution in [2.75, 3.05) is 13.1 Å². The predicted molar refractivity (Wildman–Crippen MR) is 101 cm³/mol. The Bertz CT molecular complexity index is 954. The fraction of sp³-hybridized carbons (Fsp3) is 0.450. The summed E-state index contributed by atoms with van der Waals surface area (Å²) >= 11 is 0. The number of hydrogen-bond donors (Lipinski definition) is 0. The number of aromatic nitrogens is 4. The summed E-state index contributed by atoms with van der Waals surface area (Å²) < 4.78 is 3.98. The zero-order valence-electron chi connectivity index (χ0n) is 15.6. The third kappa shape index (κ3) is 2.79. The Balaban J connectivity index is 1.61. The number of nitrogens with zero attached hydrogens (tertiary/aromatic N) is 5. The molecular weight excluding hydrogens is 326 g/mol. The molecule has 26 heavy (non-hydrogen) atoms. The van der Waals surface area contributed by atoms with Gasteiger partial charge in [0.15, 0.2) is 0 Å². The van der Waals surface area contributed by atoms with Gasteiger partial charge in [0.2, 0.25) is 0 Å². The fourth-order valence-corrected chi connectivity index (χ4v) is 4.02. The molecule has 0 N–H and O–H groups in total. The highest BCUT2D eigenvalue weighted by Gasteiger charge is 2.29. The summed E-state index contributed by atoms with van der Waals surface area (Å²) in [6.07, 6.45) is 2.06. The molecule has 1 saturated heterocycles. The van der Waals surface area contributed by atoms with Crippen LogP contribution in [-0.4, -0.2) is 43.2 Å². The van der Waals surface area contributed by atoms with E-state index in [0.717, 1.165) is 41.9 Å². The largest absolute Gasteiger partial charge is 0.337 e. The smallest absolute Gasteiger partial charge is 0.272 e. The van der Waals surface area contributed by atoms with Gasteiger partial charge < -0.3 is 9.47 Å². The highest BCUT2D eigenvalue weighted by Crippen LogP contribution is 2.29. The summed E-state index contributed by atoms with van der Waals surface area (Å²) in [6.45, 7) is 6.16. The SMILES string of the molecule is CCn1nc(C)cc1C(=O)N1CCCC(c2nc3ccccc3n2C)C1. The van der Waals surface area contributed by atoms with E-state index in [2.05, 4.69) is 22.8 Å². The van der Waals surface area contributed by atoms with Gasteiger partial charge >= 0.3 is 0 Å². The van der Waals surface area contributed by atoms with Crippen LogP contribution < -0.4 is 0 Å². The maximum absolute atomic E-state index is 13.1. The summed E-state index contributed by atoms with van der Waals surface area (Å²) in [6, 6.07) is 10.1. The quantitative estimate of drug-likeness (QED) is 0.728. The maximum atomic E-state index is 13.1. The van der Waals surface area contributed by atoms with Crippen molar-refractivity contribution < 1.29 is 4.79 Å². The van der Waals surface area contributed by atoms with Gasteiger partial charge in [-0.3, -0.25) is 9.48 Å². The Morgan fingerprint density at radius 1 is 1.31 bits per heavy atom. The number of carbonyl (C=O) groups is 1. The van der Waals surface area contributed by atoms with Gasteiger partial charge in [0.1, 0.15) is 11.5 Å². The molecule has 0 aliphatic carbocycles. The molecule has 6 heteroatoms. The van der Waals surface area contributed by atoms with Crippen LogP contribution in [0.3, 0.4) is 0 Å². The van der Waals surface area contributed by atoms with Crippen LogP contribution in [0.5, 0.6) is 0 Å². The van der Waals surface area contributed by atoms with Gasteiger partial charge in [0.05, 0.1) is 16.7 Å². The number of carbonyl (C=O) groups excluding carboxylic acids is 1. The third-order valence-electron chi connectivity index (χ3n) is 5.32. The predicted octanol–water partition coefficient (Wildman–Crippen LogP) is 3.12. The minimum atomic E-state index is 0.0796. The van der Waals surface area contributed by atoms with Gasteiger partial charge in [0.25, 0.3) is 5.91 Å². The van der Waals surface area contributed by atoms with Crippen LogP contribution in [0.15, 0.2) is 30.3 Å². The Morgan fingerprint density at radius 3 is 2.88 bits per heavy atom. The minimum absolute atomic E-state index is 0.0796. The first kappa shape index (κ1) is 16.8. The number of aryl methyl sites for hydroxylation is 3. The Kier molecular flexibility index (Phi) is 4.26. The number of rotatable bonds is 3. The maximum Gasteiger partial charge on any atom is 0.272 e. The first-order chi connectivity index (χ1) is 12.6. The number of hydrogen-bond acceptors (Lipinski definition) is 3. The summed E-state index contributed by atoms with van der Waals surface area (Å²) in [5.74, 6) is 1.42. The van der Waals surface area contributed by atoms with E-state index in [1.807, 2.05) is 43.0 Å². The molecule has 1 amide bonds. The first-order valence-corrected chi connectivity index (χ1v) is 9.33. The molecule has 136 valence electrons. The number of para-hydroxylation sites is 2. The molecule has 0 saturated carbocycles. The standard InChI is InChI=1S/C20H25N5O/c1-4-25-18(12-14(2)22-25)20(26)24-11-7-8-15(13-24)19-21-16-9-5-6-10-17(16)23(19)3/h5-6,9-10,12,15H,4,7-8,11,13H2,1-3H3. The number of imidazole rings is 1. The van der Waals surface area contributed by atoms with Gasteiger partial charge in [-0.1, -0.05) is 12.1 Å². The van der Waals surface area contributed by atoms with Gasteiger partial charge in [-0.2, -0.15) is 5.10 Å². The first-order valence-electron chi connectivity index (χ1n) is 9.33. The monoisotopic (exact) mass is 351 g/mol. The normalized spacial score (nSPS) is 17.8. The lowest BCUT2D eigenvalue weighted by Crippen LogP contribution is -2.40. The van der Waals surface area contributed by atoms with Crippen molar-refractivity contribution in [3.63, 3.8) is 0 Å². The molecule has 6 nitrogen and oxygen atoms in total.